The predicted molar refractivity (Wildman–Crippen MR) is 102 cm³/mol. The highest BCUT2D eigenvalue weighted by Gasteiger charge is 2.18. The van der Waals surface area contributed by atoms with Crippen LogP contribution in [0.25, 0.3) is 0 Å². The van der Waals surface area contributed by atoms with Gasteiger partial charge in [0.1, 0.15) is 0 Å². The lowest BCUT2D eigenvalue weighted by Gasteiger charge is -2.13. The van der Waals surface area contributed by atoms with Crippen LogP contribution in [0.2, 0.25) is 0 Å². The Labute approximate surface area is 155 Å². The Morgan fingerprint density at radius 2 is 2.08 bits per heavy atom. The Morgan fingerprint density at radius 3 is 2.80 bits per heavy atom. The Balaban J connectivity index is 1.66. The largest absolute Gasteiger partial charge is 0.342 e. The van der Waals surface area contributed by atoms with Crippen LogP contribution in [0.3, 0.4) is 0 Å². The Kier molecular flexibility index (Phi) is 5.55. The van der Waals surface area contributed by atoms with E-state index in [1.54, 1.807) is 11.8 Å². The van der Waals surface area contributed by atoms with Crippen molar-refractivity contribution >= 4 is 29.0 Å². The number of carbonyl (C=O) groups is 1. The van der Waals surface area contributed by atoms with Gasteiger partial charge in [0.25, 0.3) is 5.91 Å². The van der Waals surface area contributed by atoms with Gasteiger partial charge in [-0.25, -0.2) is 0 Å². The maximum atomic E-state index is 12.2. The number of benzene rings is 1. The normalized spacial score (nSPS) is 12.1. The standard InChI is InChI=1S/C18H20N4OS2/c1-12-7-4-5-8-14(12)11-25-18-21-20-16(22(18)3)13(2)19-17(23)15-9-6-10-24-15/h4-10,13H,11H2,1-3H3,(H,19,23). The number of hydrogen-bond acceptors (Lipinski definition) is 5. The van der Waals surface area contributed by atoms with Crippen LogP contribution >= 0.6 is 23.1 Å². The van der Waals surface area contributed by atoms with Crippen molar-refractivity contribution < 1.29 is 4.79 Å². The van der Waals surface area contributed by atoms with E-state index in [1.165, 1.54) is 22.5 Å². The van der Waals surface area contributed by atoms with Crippen LogP contribution in [0.1, 0.15) is 39.6 Å². The van der Waals surface area contributed by atoms with Crippen molar-refractivity contribution in [3.63, 3.8) is 0 Å². The molecule has 0 aliphatic carbocycles. The number of rotatable bonds is 6. The second-order valence-electron chi connectivity index (χ2n) is 5.79. The van der Waals surface area contributed by atoms with Crippen molar-refractivity contribution in [1.82, 2.24) is 20.1 Å². The fourth-order valence-electron chi connectivity index (χ4n) is 2.48. The topological polar surface area (TPSA) is 59.8 Å². The molecule has 2 heterocycles. The van der Waals surface area contributed by atoms with Gasteiger partial charge in [-0.15, -0.1) is 21.5 Å². The fraction of sp³-hybridized carbons (Fsp3) is 0.278. The van der Waals surface area contributed by atoms with E-state index in [-0.39, 0.29) is 11.9 Å². The molecule has 1 atom stereocenters. The van der Waals surface area contributed by atoms with Crippen molar-refractivity contribution in [3.05, 3.63) is 63.6 Å². The number of nitrogens with one attached hydrogen (secondary N) is 1. The first-order valence-electron chi connectivity index (χ1n) is 7.97. The molecule has 0 aliphatic rings. The molecule has 0 bridgehead atoms. The second kappa shape index (κ2) is 7.84. The first-order chi connectivity index (χ1) is 12.1. The summed E-state index contributed by atoms with van der Waals surface area (Å²) in [6, 6.07) is 11.8. The van der Waals surface area contributed by atoms with Gasteiger partial charge in [0, 0.05) is 12.8 Å². The third-order valence-electron chi connectivity index (χ3n) is 3.97. The maximum Gasteiger partial charge on any atom is 0.261 e. The molecule has 0 radical (unpaired) electrons. The van der Waals surface area contributed by atoms with Gasteiger partial charge in [-0.3, -0.25) is 4.79 Å². The molecule has 25 heavy (non-hydrogen) atoms. The van der Waals surface area contributed by atoms with Crippen molar-refractivity contribution in [3.8, 4) is 0 Å². The first-order valence-corrected chi connectivity index (χ1v) is 9.83. The SMILES string of the molecule is Cc1ccccc1CSc1nnc(C(C)NC(=O)c2cccs2)n1C. The van der Waals surface area contributed by atoms with E-state index in [2.05, 4.69) is 34.6 Å². The van der Waals surface area contributed by atoms with Crippen molar-refractivity contribution in [2.75, 3.05) is 0 Å². The molecule has 3 aromatic rings. The van der Waals surface area contributed by atoms with E-state index in [0.29, 0.717) is 4.88 Å². The van der Waals surface area contributed by atoms with Gasteiger partial charge in [0.15, 0.2) is 11.0 Å². The summed E-state index contributed by atoms with van der Waals surface area (Å²) in [6.07, 6.45) is 0. The fourth-order valence-corrected chi connectivity index (χ4v) is 4.10. The van der Waals surface area contributed by atoms with Crippen LogP contribution in [0.5, 0.6) is 0 Å². The highest BCUT2D eigenvalue weighted by atomic mass is 32.2. The molecule has 1 aromatic carbocycles. The number of aromatic nitrogens is 3. The summed E-state index contributed by atoms with van der Waals surface area (Å²) < 4.78 is 1.95. The van der Waals surface area contributed by atoms with Gasteiger partial charge >= 0.3 is 0 Å². The number of thioether (sulfide) groups is 1. The van der Waals surface area contributed by atoms with E-state index < -0.39 is 0 Å². The van der Waals surface area contributed by atoms with Gasteiger partial charge in [0.05, 0.1) is 10.9 Å². The van der Waals surface area contributed by atoms with Crippen LogP contribution in [0.15, 0.2) is 46.9 Å². The number of hydrogen-bond donors (Lipinski definition) is 1. The Hall–Kier alpha value is -2.12. The average molecular weight is 373 g/mol. The molecule has 0 saturated carbocycles. The van der Waals surface area contributed by atoms with E-state index in [4.69, 9.17) is 0 Å². The molecule has 5 nitrogen and oxygen atoms in total. The van der Waals surface area contributed by atoms with E-state index >= 15 is 0 Å². The number of nitrogens with zero attached hydrogens (tertiary/aromatic N) is 3. The van der Waals surface area contributed by atoms with Crippen molar-refractivity contribution in [2.24, 2.45) is 7.05 Å². The summed E-state index contributed by atoms with van der Waals surface area (Å²) in [6.45, 7) is 4.03. The highest BCUT2D eigenvalue weighted by Crippen LogP contribution is 2.24. The molecule has 1 amide bonds. The summed E-state index contributed by atoms with van der Waals surface area (Å²) in [7, 11) is 1.93. The summed E-state index contributed by atoms with van der Waals surface area (Å²) in [5.74, 6) is 1.51. The zero-order chi connectivity index (χ0) is 17.8. The molecule has 130 valence electrons. The second-order valence-corrected chi connectivity index (χ2v) is 7.68. The summed E-state index contributed by atoms with van der Waals surface area (Å²) >= 11 is 3.07. The summed E-state index contributed by atoms with van der Waals surface area (Å²) in [5, 5.41) is 14.3. The number of amides is 1. The van der Waals surface area contributed by atoms with Gasteiger partial charge in [-0.1, -0.05) is 42.1 Å². The quantitative estimate of drug-likeness (QED) is 0.665. The van der Waals surface area contributed by atoms with E-state index in [0.717, 1.165) is 16.7 Å². The third-order valence-corrected chi connectivity index (χ3v) is 5.90. The van der Waals surface area contributed by atoms with Crippen LogP contribution in [-0.4, -0.2) is 20.7 Å². The molecule has 0 saturated heterocycles. The van der Waals surface area contributed by atoms with Crippen LogP contribution in [0, 0.1) is 6.92 Å². The molecular formula is C18H20N4OS2. The Morgan fingerprint density at radius 1 is 1.28 bits per heavy atom. The van der Waals surface area contributed by atoms with Crippen LogP contribution < -0.4 is 5.32 Å². The average Bonchev–Trinajstić information content (AvgIpc) is 3.24. The zero-order valence-electron chi connectivity index (χ0n) is 14.4. The predicted octanol–water partition coefficient (Wildman–Crippen LogP) is 3.97. The molecule has 0 aliphatic heterocycles. The van der Waals surface area contributed by atoms with Crippen molar-refractivity contribution in [2.45, 2.75) is 30.8 Å². The van der Waals surface area contributed by atoms with Gasteiger partial charge in [-0.2, -0.15) is 0 Å². The third kappa shape index (κ3) is 4.11. The smallest absolute Gasteiger partial charge is 0.261 e. The van der Waals surface area contributed by atoms with Crippen molar-refractivity contribution in [1.29, 1.82) is 0 Å². The molecular weight excluding hydrogens is 352 g/mol. The van der Waals surface area contributed by atoms with Crippen LogP contribution in [0.4, 0.5) is 0 Å². The summed E-state index contributed by atoms with van der Waals surface area (Å²) in [5.41, 5.74) is 2.56. The first kappa shape index (κ1) is 17.7. The molecule has 0 spiro atoms. The lowest BCUT2D eigenvalue weighted by Crippen LogP contribution is -2.27. The lowest BCUT2D eigenvalue weighted by molar-refractivity contribution is 0.0942. The molecule has 1 N–H and O–H groups in total. The van der Waals surface area contributed by atoms with Gasteiger partial charge < -0.3 is 9.88 Å². The van der Waals surface area contributed by atoms with E-state index in [1.807, 2.05) is 48.2 Å². The maximum absolute atomic E-state index is 12.2. The number of carbonyl (C=O) groups excluding carboxylic acids is 1. The summed E-state index contributed by atoms with van der Waals surface area (Å²) in [4.78, 5) is 12.9. The van der Waals surface area contributed by atoms with Gasteiger partial charge in [0.2, 0.25) is 0 Å². The zero-order valence-corrected chi connectivity index (χ0v) is 16.0. The Bertz CT molecular complexity index is 858. The minimum atomic E-state index is -0.208. The molecule has 2 aromatic heterocycles. The monoisotopic (exact) mass is 372 g/mol. The highest BCUT2D eigenvalue weighted by molar-refractivity contribution is 7.98. The lowest BCUT2D eigenvalue weighted by atomic mass is 10.1. The minimum absolute atomic E-state index is 0.0837. The minimum Gasteiger partial charge on any atom is -0.342 e. The molecule has 7 heteroatoms. The van der Waals surface area contributed by atoms with Crippen LogP contribution in [-0.2, 0) is 12.8 Å². The molecule has 0 fully saturated rings. The molecule has 1 unspecified atom stereocenters. The number of aryl methyl sites for hydroxylation is 1. The molecule has 3 rings (SSSR count). The van der Waals surface area contributed by atoms with E-state index in [9.17, 15) is 4.79 Å². The number of thiophene rings is 1. The van der Waals surface area contributed by atoms with Gasteiger partial charge in [-0.05, 0) is 36.4 Å².